The molecule has 0 atom stereocenters. The second kappa shape index (κ2) is 4.57. The lowest BCUT2D eigenvalue weighted by Gasteiger charge is -1.94. The van der Waals surface area contributed by atoms with Crippen LogP contribution in [0.1, 0.15) is 6.92 Å². The van der Waals surface area contributed by atoms with Crippen molar-refractivity contribution in [3.63, 3.8) is 0 Å². The molecule has 0 saturated carbocycles. The maximum atomic E-state index is 9.76. The van der Waals surface area contributed by atoms with Gasteiger partial charge in [-0.05, 0) is 6.92 Å². The molecule has 2 radical (unpaired) electrons. The molecule has 0 aromatic carbocycles. The minimum atomic E-state index is -1.31. The molecule has 0 amide bonds. The molecule has 0 aromatic heterocycles. The molecule has 0 unspecified atom stereocenters. The molecule has 0 spiro atoms. The Morgan fingerprint density at radius 2 is 1.44 bits per heavy atom. The van der Waals surface area contributed by atoms with E-state index in [1.54, 1.807) is 0 Å². The number of carbonyl (C=O) groups is 2. The summed E-state index contributed by atoms with van der Waals surface area (Å²) in [4.78, 5) is 19.5. The third-order valence-corrected chi connectivity index (χ3v) is 0.741. The van der Waals surface area contributed by atoms with Crippen molar-refractivity contribution in [2.75, 3.05) is 0 Å². The summed E-state index contributed by atoms with van der Waals surface area (Å²) in [5.41, 5.74) is 0. The van der Waals surface area contributed by atoms with Gasteiger partial charge in [-0.1, -0.05) is 0 Å². The van der Waals surface area contributed by atoms with Gasteiger partial charge in [-0.3, -0.25) is 9.59 Å². The Morgan fingerprint density at radius 3 is 1.44 bits per heavy atom. The fraction of sp³-hybridized carbons (Fsp3) is 0.500. The summed E-state index contributed by atoms with van der Waals surface area (Å²) in [5.74, 6) is -3.91. The Kier molecular flexibility index (Phi) is 5.84. The molecule has 0 heterocycles. The van der Waals surface area contributed by atoms with Crippen LogP contribution in [0.4, 0.5) is 0 Å². The highest BCUT2D eigenvalue weighted by molar-refractivity contribution is 5.92. The SMILES string of the molecule is CC(C(=O)O)C(=O)O.[Mg]. The van der Waals surface area contributed by atoms with Crippen LogP contribution in [-0.2, 0) is 9.59 Å². The fourth-order valence-electron chi connectivity index (χ4n) is 0.106. The second-order valence-electron chi connectivity index (χ2n) is 1.40. The molecule has 48 valence electrons. The molecule has 0 fully saturated rings. The molecule has 0 saturated heterocycles. The minimum absolute atomic E-state index is 0. The van der Waals surface area contributed by atoms with Gasteiger partial charge < -0.3 is 10.2 Å². The normalized spacial score (nSPS) is 8.22. The van der Waals surface area contributed by atoms with E-state index in [0.29, 0.717) is 0 Å². The molecule has 9 heavy (non-hydrogen) atoms. The average Bonchev–Trinajstić information content (AvgIpc) is 1.64. The highest BCUT2D eigenvalue weighted by Gasteiger charge is 2.18. The molecule has 0 aliphatic carbocycles. The Labute approximate surface area is 68.0 Å². The van der Waals surface area contributed by atoms with Crippen LogP contribution in [0, 0.1) is 5.92 Å². The maximum Gasteiger partial charge on any atom is 0.317 e. The lowest BCUT2D eigenvalue weighted by Crippen LogP contribution is -2.19. The van der Waals surface area contributed by atoms with Crippen molar-refractivity contribution >= 4 is 35.0 Å². The van der Waals surface area contributed by atoms with E-state index < -0.39 is 17.9 Å². The van der Waals surface area contributed by atoms with Crippen molar-refractivity contribution in [2.45, 2.75) is 6.92 Å². The number of rotatable bonds is 2. The monoisotopic (exact) mass is 142 g/mol. The highest BCUT2D eigenvalue weighted by atomic mass is 24.3. The zero-order valence-electron chi connectivity index (χ0n) is 5.00. The van der Waals surface area contributed by atoms with E-state index in [0.717, 1.165) is 6.92 Å². The predicted octanol–water partition coefficient (Wildman–Crippen LogP) is -0.589. The van der Waals surface area contributed by atoms with Gasteiger partial charge in [0.15, 0.2) is 5.92 Å². The summed E-state index contributed by atoms with van der Waals surface area (Å²) in [6, 6.07) is 0. The van der Waals surface area contributed by atoms with Crippen LogP contribution < -0.4 is 0 Å². The fourth-order valence-corrected chi connectivity index (χ4v) is 0.106. The van der Waals surface area contributed by atoms with Crippen LogP contribution in [0.2, 0.25) is 0 Å². The minimum Gasteiger partial charge on any atom is -0.481 e. The van der Waals surface area contributed by atoms with Gasteiger partial charge in [-0.25, -0.2) is 0 Å². The number of carboxylic acids is 2. The van der Waals surface area contributed by atoms with Gasteiger partial charge in [-0.2, -0.15) is 0 Å². The molecule has 0 bridgehead atoms. The average molecular weight is 142 g/mol. The standard InChI is InChI=1S/C4H6O4.Mg/c1-2(3(5)6)4(7)8;/h2H,1H3,(H,5,6)(H,7,8);. The Bertz CT molecular complexity index is 108. The first-order valence-corrected chi connectivity index (χ1v) is 2.01. The van der Waals surface area contributed by atoms with Crippen molar-refractivity contribution in [1.82, 2.24) is 0 Å². The van der Waals surface area contributed by atoms with E-state index >= 15 is 0 Å². The number of carboxylic acid groups (broad SMARTS) is 2. The zero-order valence-corrected chi connectivity index (χ0v) is 6.41. The van der Waals surface area contributed by atoms with Crippen molar-refractivity contribution in [3.05, 3.63) is 0 Å². The van der Waals surface area contributed by atoms with Crippen LogP contribution in [0.3, 0.4) is 0 Å². The van der Waals surface area contributed by atoms with E-state index in [1.807, 2.05) is 0 Å². The van der Waals surface area contributed by atoms with E-state index in [9.17, 15) is 9.59 Å². The zero-order chi connectivity index (χ0) is 6.73. The highest BCUT2D eigenvalue weighted by Crippen LogP contribution is 1.91. The van der Waals surface area contributed by atoms with Gasteiger partial charge in [0.1, 0.15) is 0 Å². The molecular weight excluding hydrogens is 136 g/mol. The smallest absolute Gasteiger partial charge is 0.317 e. The largest absolute Gasteiger partial charge is 0.481 e. The Balaban J connectivity index is 0. The van der Waals surface area contributed by atoms with Crippen LogP contribution in [0.15, 0.2) is 0 Å². The summed E-state index contributed by atoms with van der Waals surface area (Å²) < 4.78 is 0. The van der Waals surface area contributed by atoms with Gasteiger partial charge >= 0.3 is 11.9 Å². The molecule has 0 aliphatic rings. The van der Waals surface area contributed by atoms with Gasteiger partial charge in [-0.15, -0.1) is 0 Å². The predicted molar refractivity (Wildman–Crippen MR) is 30.2 cm³/mol. The molecule has 2 N–H and O–H groups in total. The van der Waals surface area contributed by atoms with E-state index in [-0.39, 0.29) is 23.1 Å². The first kappa shape index (κ1) is 11.5. The van der Waals surface area contributed by atoms with Gasteiger partial charge in [0.2, 0.25) is 0 Å². The first-order chi connectivity index (χ1) is 3.55. The lowest BCUT2D eigenvalue weighted by atomic mass is 10.2. The van der Waals surface area contributed by atoms with Gasteiger partial charge in [0.25, 0.3) is 0 Å². The second-order valence-corrected chi connectivity index (χ2v) is 1.40. The number of aliphatic carboxylic acids is 2. The molecule has 5 heteroatoms. The summed E-state index contributed by atoms with van der Waals surface area (Å²) in [6.45, 7) is 1.12. The lowest BCUT2D eigenvalue weighted by molar-refractivity contribution is -0.153. The van der Waals surface area contributed by atoms with E-state index in [2.05, 4.69) is 0 Å². The van der Waals surface area contributed by atoms with Crippen molar-refractivity contribution in [2.24, 2.45) is 5.92 Å². The van der Waals surface area contributed by atoms with Crippen molar-refractivity contribution < 1.29 is 19.8 Å². The van der Waals surface area contributed by atoms with Crippen molar-refractivity contribution in [1.29, 1.82) is 0 Å². The summed E-state index contributed by atoms with van der Waals surface area (Å²) in [6.07, 6.45) is 0. The molecule has 0 aromatic rings. The van der Waals surface area contributed by atoms with E-state index in [1.165, 1.54) is 0 Å². The maximum absolute atomic E-state index is 9.76. The Morgan fingerprint density at radius 1 is 1.22 bits per heavy atom. The quantitative estimate of drug-likeness (QED) is 0.399. The summed E-state index contributed by atoms with van der Waals surface area (Å²) in [5, 5.41) is 15.9. The van der Waals surface area contributed by atoms with Crippen LogP contribution in [-0.4, -0.2) is 45.2 Å². The Hall–Kier alpha value is -0.294. The first-order valence-electron chi connectivity index (χ1n) is 2.01. The van der Waals surface area contributed by atoms with Gasteiger partial charge in [0, 0.05) is 23.1 Å². The van der Waals surface area contributed by atoms with Crippen LogP contribution in [0.5, 0.6) is 0 Å². The molecular formula is C4H6MgO4. The molecule has 0 rings (SSSR count). The number of hydrogen-bond acceptors (Lipinski definition) is 2. The van der Waals surface area contributed by atoms with Crippen LogP contribution >= 0.6 is 0 Å². The molecule has 0 aliphatic heterocycles. The van der Waals surface area contributed by atoms with Gasteiger partial charge in [0.05, 0.1) is 0 Å². The summed E-state index contributed by atoms with van der Waals surface area (Å²) in [7, 11) is 0. The van der Waals surface area contributed by atoms with Crippen molar-refractivity contribution in [3.8, 4) is 0 Å². The molecule has 4 nitrogen and oxygen atoms in total. The third-order valence-electron chi connectivity index (χ3n) is 0.741. The third kappa shape index (κ3) is 4.23. The van der Waals surface area contributed by atoms with E-state index in [4.69, 9.17) is 10.2 Å². The topological polar surface area (TPSA) is 74.6 Å². The summed E-state index contributed by atoms with van der Waals surface area (Å²) >= 11 is 0. The number of hydrogen-bond donors (Lipinski definition) is 2. The van der Waals surface area contributed by atoms with Crippen LogP contribution in [0.25, 0.3) is 0 Å².